The number of nitrogens with zero attached hydrogens (tertiary/aromatic N) is 3. The van der Waals surface area contributed by atoms with E-state index in [1.807, 2.05) is 12.4 Å². The zero-order valence-corrected chi connectivity index (χ0v) is 16.5. The van der Waals surface area contributed by atoms with Crippen LogP contribution in [-0.4, -0.2) is 36.3 Å². The average Bonchev–Trinajstić information content (AvgIpc) is 2.71. The second-order valence-electron chi connectivity index (χ2n) is 8.47. The Morgan fingerprint density at radius 3 is 1.50 bits per heavy atom. The van der Waals surface area contributed by atoms with Crippen molar-refractivity contribution in [1.29, 1.82) is 0 Å². The van der Waals surface area contributed by atoms with Gasteiger partial charge in [0.2, 0.25) is 0 Å². The molecule has 0 saturated heterocycles. The summed E-state index contributed by atoms with van der Waals surface area (Å²) in [5.41, 5.74) is 1.95. The van der Waals surface area contributed by atoms with Crippen molar-refractivity contribution < 1.29 is 0 Å². The maximum absolute atomic E-state index is 5.06. The number of hydrogen-bond donors (Lipinski definition) is 0. The highest BCUT2D eigenvalue weighted by Gasteiger charge is 2.16. The Labute approximate surface area is 160 Å². The van der Waals surface area contributed by atoms with E-state index in [1.54, 1.807) is 0 Å². The van der Waals surface area contributed by atoms with Crippen LogP contribution in [0.4, 0.5) is 0 Å². The predicted octanol–water partition coefficient (Wildman–Crippen LogP) is 6.12. The molecule has 0 aromatic rings. The van der Waals surface area contributed by atoms with Crippen LogP contribution in [0.5, 0.6) is 0 Å². The molecule has 0 bridgehead atoms. The Morgan fingerprint density at radius 2 is 1.00 bits per heavy atom. The van der Waals surface area contributed by atoms with Gasteiger partial charge in [0.1, 0.15) is 0 Å². The van der Waals surface area contributed by atoms with E-state index in [2.05, 4.69) is 6.58 Å². The molecule has 3 fully saturated rings. The largest absolute Gasteiger partial charge is 0.289 e. The molecule has 0 atom stereocenters. The predicted molar refractivity (Wildman–Crippen MR) is 114 cm³/mol. The van der Waals surface area contributed by atoms with Crippen LogP contribution in [0.15, 0.2) is 27.1 Å². The second kappa shape index (κ2) is 10.8. The number of rotatable bonds is 6. The van der Waals surface area contributed by atoms with E-state index in [9.17, 15) is 0 Å². The molecule has 3 rings (SSSR count). The summed E-state index contributed by atoms with van der Waals surface area (Å²) in [6.45, 7) is 4.30. The molecule has 3 nitrogen and oxygen atoms in total. The van der Waals surface area contributed by atoms with Gasteiger partial charge in [-0.3, -0.25) is 15.0 Å². The van der Waals surface area contributed by atoms with Gasteiger partial charge in [-0.25, -0.2) is 0 Å². The van der Waals surface area contributed by atoms with Gasteiger partial charge in [-0.05, 0) is 38.5 Å². The topological polar surface area (TPSA) is 37.1 Å². The van der Waals surface area contributed by atoms with Gasteiger partial charge in [0.15, 0.2) is 0 Å². The minimum absolute atomic E-state index is 0.455. The van der Waals surface area contributed by atoms with E-state index in [4.69, 9.17) is 15.0 Å². The summed E-state index contributed by atoms with van der Waals surface area (Å²) < 4.78 is 0. The summed E-state index contributed by atoms with van der Waals surface area (Å²) in [5, 5.41) is 0. The van der Waals surface area contributed by atoms with Crippen LogP contribution in [-0.2, 0) is 0 Å². The minimum Gasteiger partial charge on any atom is -0.289 e. The summed E-state index contributed by atoms with van der Waals surface area (Å²) in [6, 6.07) is 1.44. The molecule has 0 spiro atoms. The fraction of sp³-hybridized carbons (Fsp3) is 0.783. The van der Waals surface area contributed by atoms with Crippen LogP contribution < -0.4 is 0 Å². The Morgan fingerprint density at radius 1 is 0.577 bits per heavy atom. The van der Waals surface area contributed by atoms with Crippen molar-refractivity contribution in [3.05, 3.63) is 12.2 Å². The SMILES string of the molecule is C=C(C=NC1CCCCC1)C(C=NC1CCCCC1)=NC1CCCCC1. The van der Waals surface area contributed by atoms with Crippen LogP contribution in [0.2, 0.25) is 0 Å². The monoisotopic (exact) mass is 355 g/mol. The van der Waals surface area contributed by atoms with Gasteiger partial charge in [-0.2, -0.15) is 0 Å². The van der Waals surface area contributed by atoms with Crippen LogP contribution in [0.3, 0.4) is 0 Å². The lowest BCUT2D eigenvalue weighted by Crippen LogP contribution is -2.18. The van der Waals surface area contributed by atoms with Crippen molar-refractivity contribution in [2.24, 2.45) is 15.0 Å². The van der Waals surface area contributed by atoms with Crippen LogP contribution in [0, 0.1) is 0 Å². The smallest absolute Gasteiger partial charge is 0.0837 e. The summed E-state index contributed by atoms with van der Waals surface area (Å²) in [4.78, 5) is 14.8. The standard InChI is InChI=1S/C23H37N3/c1-19(17-24-20-11-5-2-6-12-20)23(26-22-15-9-4-10-16-22)18-25-21-13-7-3-8-14-21/h17-18,20-22H,1-16H2. The third-order valence-electron chi connectivity index (χ3n) is 6.22. The van der Waals surface area contributed by atoms with Gasteiger partial charge in [-0.1, -0.05) is 64.4 Å². The number of aliphatic imine (C=N–C) groups is 3. The molecule has 0 aromatic heterocycles. The van der Waals surface area contributed by atoms with Crippen molar-refractivity contribution in [2.45, 2.75) is 114 Å². The van der Waals surface area contributed by atoms with Crippen molar-refractivity contribution in [1.82, 2.24) is 0 Å². The molecule has 0 unspecified atom stereocenters. The third kappa shape index (κ3) is 6.48. The Hall–Kier alpha value is -1.25. The van der Waals surface area contributed by atoms with Crippen molar-refractivity contribution in [2.75, 3.05) is 0 Å². The van der Waals surface area contributed by atoms with Crippen molar-refractivity contribution in [3.63, 3.8) is 0 Å². The van der Waals surface area contributed by atoms with Gasteiger partial charge in [0, 0.05) is 24.0 Å². The maximum atomic E-state index is 5.06. The first kappa shape index (κ1) is 19.5. The molecule has 3 heteroatoms. The van der Waals surface area contributed by atoms with Crippen LogP contribution in [0.1, 0.15) is 96.3 Å². The average molecular weight is 356 g/mol. The van der Waals surface area contributed by atoms with Crippen molar-refractivity contribution >= 4 is 18.1 Å². The quantitative estimate of drug-likeness (QED) is 0.514. The summed E-state index contributed by atoms with van der Waals surface area (Å²) in [6.07, 6.45) is 23.4. The van der Waals surface area contributed by atoms with Gasteiger partial charge in [-0.15, -0.1) is 0 Å². The zero-order valence-electron chi connectivity index (χ0n) is 16.5. The van der Waals surface area contributed by atoms with E-state index in [1.165, 1.54) is 96.3 Å². The first-order chi connectivity index (χ1) is 12.8. The van der Waals surface area contributed by atoms with E-state index in [0.29, 0.717) is 18.1 Å². The molecule has 0 heterocycles. The third-order valence-corrected chi connectivity index (χ3v) is 6.22. The maximum Gasteiger partial charge on any atom is 0.0837 e. The van der Waals surface area contributed by atoms with Gasteiger partial charge in [0.05, 0.1) is 17.8 Å². The fourth-order valence-corrected chi connectivity index (χ4v) is 4.50. The van der Waals surface area contributed by atoms with E-state index >= 15 is 0 Å². The van der Waals surface area contributed by atoms with E-state index in [0.717, 1.165) is 11.3 Å². The van der Waals surface area contributed by atoms with Gasteiger partial charge in [0.25, 0.3) is 0 Å². The summed E-state index contributed by atoms with van der Waals surface area (Å²) in [5.74, 6) is 0. The number of hydrogen-bond acceptors (Lipinski definition) is 3. The molecule has 144 valence electrons. The first-order valence-corrected chi connectivity index (χ1v) is 11.1. The second-order valence-corrected chi connectivity index (χ2v) is 8.47. The first-order valence-electron chi connectivity index (χ1n) is 11.1. The van der Waals surface area contributed by atoms with Gasteiger partial charge >= 0.3 is 0 Å². The lowest BCUT2D eigenvalue weighted by atomic mass is 9.95. The van der Waals surface area contributed by atoms with E-state index in [-0.39, 0.29) is 0 Å². The lowest BCUT2D eigenvalue weighted by Gasteiger charge is -2.20. The Balaban J connectivity index is 1.66. The molecule has 3 aliphatic carbocycles. The molecule has 0 aromatic carbocycles. The van der Waals surface area contributed by atoms with Gasteiger partial charge < -0.3 is 0 Å². The molecule has 0 radical (unpaired) electrons. The Bertz CT molecular complexity index is 514. The molecule has 3 aliphatic rings. The molecule has 0 amide bonds. The Kier molecular flexibility index (Phi) is 8.10. The molecule has 26 heavy (non-hydrogen) atoms. The normalized spacial score (nSPS) is 25.3. The fourth-order valence-electron chi connectivity index (χ4n) is 4.50. The van der Waals surface area contributed by atoms with Crippen LogP contribution in [0.25, 0.3) is 0 Å². The highest BCUT2D eigenvalue weighted by Crippen LogP contribution is 2.23. The lowest BCUT2D eigenvalue weighted by molar-refractivity contribution is 0.442. The molecule has 3 saturated carbocycles. The zero-order chi connectivity index (χ0) is 18.0. The number of allylic oxidation sites excluding steroid dienone is 1. The minimum atomic E-state index is 0.455. The van der Waals surface area contributed by atoms with Crippen molar-refractivity contribution in [3.8, 4) is 0 Å². The molecular formula is C23H37N3. The molecular weight excluding hydrogens is 318 g/mol. The van der Waals surface area contributed by atoms with E-state index < -0.39 is 0 Å². The molecule has 0 N–H and O–H groups in total. The molecule has 0 aliphatic heterocycles. The summed E-state index contributed by atoms with van der Waals surface area (Å²) >= 11 is 0. The highest BCUT2D eigenvalue weighted by atomic mass is 14.8. The summed E-state index contributed by atoms with van der Waals surface area (Å²) in [7, 11) is 0. The highest BCUT2D eigenvalue weighted by molar-refractivity contribution is 6.43. The van der Waals surface area contributed by atoms with Crippen LogP contribution >= 0.6 is 0 Å².